The number of hydrogen-bond donors (Lipinski definition) is 1. The monoisotopic (exact) mass is 266 g/mol. The molecule has 0 bridgehead atoms. The van der Waals surface area contributed by atoms with E-state index in [0.717, 1.165) is 4.47 Å². The summed E-state index contributed by atoms with van der Waals surface area (Å²) in [5, 5.41) is 11.4. The van der Waals surface area contributed by atoms with Gasteiger partial charge in [-0.05, 0) is 34.5 Å². The Bertz CT molecular complexity index is 398. The van der Waals surface area contributed by atoms with Gasteiger partial charge in [0.25, 0.3) is 5.91 Å². The van der Waals surface area contributed by atoms with Crippen LogP contribution in [0.25, 0.3) is 0 Å². The number of hydrogen-bond acceptors (Lipinski definition) is 2. The summed E-state index contributed by atoms with van der Waals surface area (Å²) in [6, 6.07) is 8.72. The topological polar surface area (TPSA) is 52.9 Å². The van der Waals surface area contributed by atoms with Crippen molar-refractivity contribution in [3.05, 3.63) is 34.3 Å². The van der Waals surface area contributed by atoms with Crippen molar-refractivity contribution in [3.8, 4) is 6.07 Å². The minimum absolute atomic E-state index is 0.226. The zero-order valence-corrected chi connectivity index (χ0v) is 9.91. The number of halogens is 1. The SMILES string of the molecule is CCC(C#N)NC(=O)c1ccccc1Br. The average Bonchev–Trinajstić information content (AvgIpc) is 2.26. The van der Waals surface area contributed by atoms with Gasteiger partial charge in [-0.1, -0.05) is 19.1 Å². The zero-order chi connectivity index (χ0) is 11.3. The highest BCUT2D eigenvalue weighted by atomic mass is 79.9. The largest absolute Gasteiger partial charge is 0.336 e. The van der Waals surface area contributed by atoms with Crippen LogP contribution in [0.2, 0.25) is 0 Å². The molecule has 0 heterocycles. The molecule has 0 fully saturated rings. The molecular formula is C11H11BrN2O. The molecule has 1 N–H and O–H groups in total. The zero-order valence-electron chi connectivity index (χ0n) is 8.33. The Morgan fingerprint density at radius 3 is 2.80 bits per heavy atom. The minimum Gasteiger partial charge on any atom is -0.336 e. The molecule has 1 amide bonds. The molecule has 1 aromatic rings. The molecule has 0 saturated carbocycles. The molecule has 0 aliphatic rings. The molecule has 0 radical (unpaired) electrons. The van der Waals surface area contributed by atoms with E-state index in [1.165, 1.54) is 0 Å². The second-order valence-electron chi connectivity index (χ2n) is 3.04. The highest BCUT2D eigenvalue weighted by Crippen LogP contribution is 2.15. The molecule has 1 atom stereocenters. The van der Waals surface area contributed by atoms with Crippen LogP contribution >= 0.6 is 15.9 Å². The van der Waals surface area contributed by atoms with E-state index >= 15 is 0 Å². The van der Waals surface area contributed by atoms with Crippen molar-refractivity contribution < 1.29 is 4.79 Å². The van der Waals surface area contributed by atoms with E-state index in [0.29, 0.717) is 12.0 Å². The number of amides is 1. The average molecular weight is 267 g/mol. The fourth-order valence-corrected chi connectivity index (χ4v) is 1.57. The quantitative estimate of drug-likeness (QED) is 0.914. The van der Waals surface area contributed by atoms with E-state index in [4.69, 9.17) is 5.26 Å². The van der Waals surface area contributed by atoms with Crippen LogP contribution in [0.1, 0.15) is 23.7 Å². The molecule has 1 rings (SSSR count). The number of rotatable bonds is 3. The summed E-state index contributed by atoms with van der Waals surface area (Å²) >= 11 is 3.29. The summed E-state index contributed by atoms with van der Waals surface area (Å²) in [6.45, 7) is 1.86. The molecule has 3 nitrogen and oxygen atoms in total. The Hall–Kier alpha value is -1.34. The van der Waals surface area contributed by atoms with Gasteiger partial charge in [0.1, 0.15) is 6.04 Å². The lowest BCUT2D eigenvalue weighted by Gasteiger charge is -2.09. The first-order valence-corrected chi connectivity index (χ1v) is 5.43. The lowest BCUT2D eigenvalue weighted by molar-refractivity contribution is 0.0944. The summed E-state index contributed by atoms with van der Waals surface area (Å²) < 4.78 is 0.732. The van der Waals surface area contributed by atoms with Crippen molar-refractivity contribution in [1.29, 1.82) is 5.26 Å². The van der Waals surface area contributed by atoms with E-state index in [1.807, 2.05) is 19.1 Å². The van der Waals surface area contributed by atoms with Crippen LogP contribution in [-0.4, -0.2) is 11.9 Å². The van der Waals surface area contributed by atoms with Crippen molar-refractivity contribution in [2.45, 2.75) is 19.4 Å². The van der Waals surface area contributed by atoms with Gasteiger partial charge in [-0.2, -0.15) is 5.26 Å². The lowest BCUT2D eigenvalue weighted by Crippen LogP contribution is -2.33. The molecule has 0 saturated heterocycles. The number of benzene rings is 1. The summed E-state index contributed by atoms with van der Waals surface area (Å²) in [5.41, 5.74) is 0.547. The summed E-state index contributed by atoms with van der Waals surface area (Å²) in [7, 11) is 0. The number of nitrogens with zero attached hydrogens (tertiary/aromatic N) is 1. The highest BCUT2D eigenvalue weighted by Gasteiger charge is 2.12. The van der Waals surface area contributed by atoms with Crippen molar-refractivity contribution >= 4 is 21.8 Å². The van der Waals surface area contributed by atoms with Crippen molar-refractivity contribution in [2.24, 2.45) is 0 Å². The van der Waals surface area contributed by atoms with Gasteiger partial charge < -0.3 is 5.32 Å². The van der Waals surface area contributed by atoms with Gasteiger partial charge >= 0.3 is 0 Å². The van der Waals surface area contributed by atoms with Crippen LogP contribution in [0, 0.1) is 11.3 Å². The Morgan fingerprint density at radius 2 is 2.27 bits per heavy atom. The fraction of sp³-hybridized carbons (Fsp3) is 0.273. The van der Waals surface area contributed by atoms with Gasteiger partial charge in [-0.25, -0.2) is 0 Å². The van der Waals surface area contributed by atoms with Crippen molar-refractivity contribution in [1.82, 2.24) is 5.32 Å². The van der Waals surface area contributed by atoms with E-state index in [9.17, 15) is 4.79 Å². The first kappa shape index (κ1) is 11.7. The first-order chi connectivity index (χ1) is 7.19. The first-order valence-electron chi connectivity index (χ1n) is 4.64. The van der Waals surface area contributed by atoms with E-state index < -0.39 is 6.04 Å². The molecule has 0 spiro atoms. The third kappa shape index (κ3) is 3.07. The van der Waals surface area contributed by atoms with Crippen LogP contribution in [0.15, 0.2) is 28.7 Å². The Morgan fingerprint density at radius 1 is 1.60 bits per heavy atom. The Balaban J connectivity index is 2.79. The van der Waals surface area contributed by atoms with Crippen LogP contribution < -0.4 is 5.32 Å². The van der Waals surface area contributed by atoms with Crippen LogP contribution in [-0.2, 0) is 0 Å². The maximum atomic E-state index is 11.7. The molecule has 1 unspecified atom stereocenters. The van der Waals surface area contributed by atoms with Crippen LogP contribution in [0.4, 0.5) is 0 Å². The second kappa shape index (κ2) is 5.52. The number of nitriles is 1. The minimum atomic E-state index is -0.426. The maximum absolute atomic E-state index is 11.7. The third-order valence-corrected chi connectivity index (χ3v) is 2.68. The smallest absolute Gasteiger partial charge is 0.253 e. The predicted octanol–water partition coefficient (Wildman–Crippen LogP) is 2.48. The van der Waals surface area contributed by atoms with Gasteiger partial charge in [-0.3, -0.25) is 4.79 Å². The van der Waals surface area contributed by atoms with Gasteiger partial charge in [0, 0.05) is 4.47 Å². The predicted molar refractivity (Wildman–Crippen MR) is 61.3 cm³/mol. The Kier molecular flexibility index (Phi) is 4.32. The number of carbonyl (C=O) groups is 1. The third-order valence-electron chi connectivity index (χ3n) is 1.99. The highest BCUT2D eigenvalue weighted by molar-refractivity contribution is 9.10. The normalized spacial score (nSPS) is 11.5. The molecule has 0 aromatic heterocycles. The summed E-state index contributed by atoms with van der Waals surface area (Å²) in [5.74, 6) is -0.226. The molecule has 0 aliphatic heterocycles. The molecular weight excluding hydrogens is 256 g/mol. The fourth-order valence-electron chi connectivity index (χ4n) is 1.11. The second-order valence-corrected chi connectivity index (χ2v) is 3.90. The van der Waals surface area contributed by atoms with Gasteiger partial charge in [0.05, 0.1) is 11.6 Å². The Labute approximate surface area is 97.2 Å². The number of nitrogens with one attached hydrogen (secondary N) is 1. The van der Waals surface area contributed by atoms with Gasteiger partial charge in [0.15, 0.2) is 0 Å². The van der Waals surface area contributed by atoms with Crippen LogP contribution in [0.5, 0.6) is 0 Å². The van der Waals surface area contributed by atoms with Crippen LogP contribution in [0.3, 0.4) is 0 Å². The molecule has 15 heavy (non-hydrogen) atoms. The lowest BCUT2D eigenvalue weighted by atomic mass is 10.2. The number of carbonyl (C=O) groups excluding carboxylic acids is 1. The van der Waals surface area contributed by atoms with E-state index in [-0.39, 0.29) is 5.91 Å². The summed E-state index contributed by atoms with van der Waals surface area (Å²) in [6.07, 6.45) is 0.604. The standard InChI is InChI=1S/C11H11BrN2O/c1-2-8(7-13)14-11(15)9-5-3-4-6-10(9)12/h3-6,8H,2H2,1H3,(H,14,15). The molecule has 1 aromatic carbocycles. The van der Waals surface area contributed by atoms with Gasteiger partial charge in [0.2, 0.25) is 0 Å². The van der Waals surface area contributed by atoms with E-state index in [2.05, 4.69) is 21.2 Å². The van der Waals surface area contributed by atoms with Crippen molar-refractivity contribution in [2.75, 3.05) is 0 Å². The molecule has 0 aliphatic carbocycles. The van der Waals surface area contributed by atoms with Crippen molar-refractivity contribution in [3.63, 3.8) is 0 Å². The van der Waals surface area contributed by atoms with Gasteiger partial charge in [-0.15, -0.1) is 0 Å². The van der Waals surface area contributed by atoms with E-state index in [1.54, 1.807) is 18.2 Å². The molecule has 78 valence electrons. The molecule has 4 heteroatoms. The summed E-state index contributed by atoms with van der Waals surface area (Å²) in [4.78, 5) is 11.7. The maximum Gasteiger partial charge on any atom is 0.253 e.